The number of amides is 1. The highest BCUT2D eigenvalue weighted by molar-refractivity contribution is 7.15. The standard InChI is InChI=1S/C26H29NO3S/c1-6-7-19-8-10-20(11-9-19)22-15-31-25(23(22)26(29)30-16(2)3)27-24(28)21-13-17(4)12-18(5)14-21/h8-16H,6-7H2,1-5H3,(H,27,28). The number of ether oxygens (including phenoxy) is 1. The third-order valence-electron chi connectivity index (χ3n) is 4.85. The molecule has 3 aromatic rings. The summed E-state index contributed by atoms with van der Waals surface area (Å²) >= 11 is 1.34. The molecule has 4 nitrogen and oxygen atoms in total. The number of hydrogen-bond acceptors (Lipinski definition) is 4. The molecule has 0 aliphatic heterocycles. The number of anilines is 1. The summed E-state index contributed by atoms with van der Waals surface area (Å²) in [4.78, 5) is 25.9. The lowest BCUT2D eigenvalue weighted by atomic mass is 10.0. The predicted molar refractivity (Wildman–Crippen MR) is 128 cm³/mol. The first-order valence-electron chi connectivity index (χ1n) is 10.6. The van der Waals surface area contributed by atoms with Crippen LogP contribution in [0.5, 0.6) is 0 Å². The van der Waals surface area contributed by atoms with Crippen LogP contribution < -0.4 is 5.32 Å². The summed E-state index contributed by atoms with van der Waals surface area (Å²) in [7, 11) is 0. The van der Waals surface area contributed by atoms with Gasteiger partial charge in [0.2, 0.25) is 0 Å². The lowest BCUT2D eigenvalue weighted by molar-refractivity contribution is 0.0380. The Labute approximate surface area is 188 Å². The van der Waals surface area contributed by atoms with E-state index in [1.165, 1.54) is 16.9 Å². The summed E-state index contributed by atoms with van der Waals surface area (Å²) in [6.07, 6.45) is 1.84. The highest BCUT2D eigenvalue weighted by atomic mass is 32.1. The summed E-state index contributed by atoms with van der Waals surface area (Å²) in [5.74, 6) is -0.670. The van der Waals surface area contributed by atoms with Crippen LogP contribution in [-0.2, 0) is 11.2 Å². The zero-order chi connectivity index (χ0) is 22.5. The van der Waals surface area contributed by atoms with E-state index >= 15 is 0 Å². The second kappa shape index (κ2) is 9.92. The van der Waals surface area contributed by atoms with Gasteiger partial charge in [0.15, 0.2) is 0 Å². The van der Waals surface area contributed by atoms with Gasteiger partial charge in [-0.1, -0.05) is 54.8 Å². The Bertz CT molecular complexity index is 1060. The van der Waals surface area contributed by atoms with Crippen LogP contribution in [-0.4, -0.2) is 18.0 Å². The lowest BCUT2D eigenvalue weighted by Crippen LogP contribution is -2.17. The Morgan fingerprint density at radius 2 is 1.68 bits per heavy atom. The third-order valence-corrected chi connectivity index (χ3v) is 5.75. The zero-order valence-corrected chi connectivity index (χ0v) is 19.6. The molecule has 1 N–H and O–H groups in total. The van der Waals surface area contributed by atoms with Crippen LogP contribution in [0.3, 0.4) is 0 Å². The maximum atomic E-state index is 13.0. The maximum absolute atomic E-state index is 13.0. The van der Waals surface area contributed by atoms with Crippen molar-refractivity contribution in [3.63, 3.8) is 0 Å². The van der Waals surface area contributed by atoms with Gasteiger partial charge in [-0.3, -0.25) is 4.79 Å². The van der Waals surface area contributed by atoms with Gasteiger partial charge in [0, 0.05) is 16.5 Å². The summed E-state index contributed by atoms with van der Waals surface area (Å²) in [5, 5.41) is 5.34. The largest absolute Gasteiger partial charge is 0.459 e. The van der Waals surface area contributed by atoms with E-state index in [2.05, 4.69) is 24.4 Å². The molecule has 0 bridgehead atoms. The number of benzene rings is 2. The van der Waals surface area contributed by atoms with Crippen LogP contribution in [0.2, 0.25) is 0 Å². The number of carbonyl (C=O) groups excluding carboxylic acids is 2. The molecule has 5 heteroatoms. The number of aryl methyl sites for hydroxylation is 3. The summed E-state index contributed by atoms with van der Waals surface area (Å²) < 4.78 is 5.50. The van der Waals surface area contributed by atoms with Gasteiger partial charge in [-0.25, -0.2) is 4.79 Å². The van der Waals surface area contributed by atoms with Crippen LogP contribution in [0.1, 0.15) is 64.6 Å². The Morgan fingerprint density at radius 1 is 1.03 bits per heavy atom. The van der Waals surface area contributed by atoms with E-state index in [1.807, 2.05) is 63.4 Å². The number of nitrogens with one attached hydrogen (secondary N) is 1. The Balaban J connectivity index is 1.98. The van der Waals surface area contributed by atoms with Gasteiger partial charge in [-0.15, -0.1) is 11.3 Å². The molecule has 162 valence electrons. The molecule has 1 heterocycles. The van der Waals surface area contributed by atoms with Crippen molar-refractivity contribution in [1.29, 1.82) is 0 Å². The molecule has 0 aliphatic carbocycles. The maximum Gasteiger partial charge on any atom is 0.342 e. The molecule has 2 aromatic carbocycles. The Morgan fingerprint density at radius 3 is 2.26 bits per heavy atom. The smallest absolute Gasteiger partial charge is 0.342 e. The second-order valence-electron chi connectivity index (χ2n) is 8.09. The van der Waals surface area contributed by atoms with Crippen LogP contribution >= 0.6 is 11.3 Å². The summed E-state index contributed by atoms with van der Waals surface area (Å²) in [6, 6.07) is 13.9. The quantitative estimate of drug-likeness (QED) is 0.415. The molecule has 1 amide bonds. The van der Waals surface area contributed by atoms with Gasteiger partial charge < -0.3 is 10.1 Å². The molecule has 0 unspecified atom stereocenters. The molecule has 0 spiro atoms. The lowest BCUT2D eigenvalue weighted by Gasteiger charge is -2.12. The minimum atomic E-state index is -0.431. The number of hydrogen-bond donors (Lipinski definition) is 1. The summed E-state index contributed by atoms with van der Waals surface area (Å²) in [6.45, 7) is 9.70. The molecular formula is C26H29NO3S. The molecule has 0 saturated carbocycles. The number of carbonyl (C=O) groups is 2. The predicted octanol–water partition coefficient (Wildman–Crippen LogP) is 6.80. The third kappa shape index (κ3) is 5.61. The first-order valence-corrected chi connectivity index (χ1v) is 11.5. The van der Waals surface area contributed by atoms with Crippen molar-refractivity contribution in [3.05, 3.63) is 75.7 Å². The van der Waals surface area contributed by atoms with E-state index in [-0.39, 0.29) is 12.0 Å². The Kier molecular flexibility index (Phi) is 7.29. The topological polar surface area (TPSA) is 55.4 Å². The van der Waals surface area contributed by atoms with Gasteiger partial charge in [-0.2, -0.15) is 0 Å². The zero-order valence-electron chi connectivity index (χ0n) is 18.7. The van der Waals surface area contributed by atoms with Crippen molar-refractivity contribution >= 4 is 28.2 Å². The molecular weight excluding hydrogens is 406 g/mol. The highest BCUT2D eigenvalue weighted by Gasteiger charge is 2.24. The van der Waals surface area contributed by atoms with Crippen LogP contribution in [0.25, 0.3) is 11.1 Å². The van der Waals surface area contributed by atoms with Crippen LogP contribution in [0, 0.1) is 13.8 Å². The van der Waals surface area contributed by atoms with Gasteiger partial charge in [-0.05, 0) is 57.4 Å². The van der Waals surface area contributed by atoms with Gasteiger partial charge in [0.05, 0.1) is 6.10 Å². The minimum Gasteiger partial charge on any atom is -0.459 e. The molecule has 3 rings (SSSR count). The average Bonchev–Trinajstić information content (AvgIpc) is 3.11. The number of rotatable bonds is 7. The average molecular weight is 436 g/mol. The van der Waals surface area contributed by atoms with Crippen molar-refractivity contribution in [2.45, 2.75) is 53.6 Å². The molecule has 1 aromatic heterocycles. The fraction of sp³-hybridized carbons (Fsp3) is 0.308. The SMILES string of the molecule is CCCc1ccc(-c2csc(NC(=O)c3cc(C)cc(C)c3)c2C(=O)OC(C)C)cc1. The molecule has 0 aliphatic rings. The molecule has 0 saturated heterocycles. The van der Waals surface area contributed by atoms with Crippen molar-refractivity contribution in [2.24, 2.45) is 0 Å². The first-order chi connectivity index (χ1) is 14.8. The van der Waals surface area contributed by atoms with E-state index in [0.717, 1.165) is 35.1 Å². The van der Waals surface area contributed by atoms with Gasteiger partial charge in [0.25, 0.3) is 5.91 Å². The molecule has 0 radical (unpaired) electrons. The second-order valence-corrected chi connectivity index (χ2v) is 8.96. The van der Waals surface area contributed by atoms with E-state index in [9.17, 15) is 9.59 Å². The monoisotopic (exact) mass is 435 g/mol. The summed E-state index contributed by atoms with van der Waals surface area (Å²) in [5.41, 5.74) is 5.97. The van der Waals surface area contributed by atoms with Crippen LogP contribution in [0.15, 0.2) is 47.8 Å². The Hall–Kier alpha value is -2.92. The first kappa shape index (κ1) is 22.8. The fourth-order valence-electron chi connectivity index (χ4n) is 3.56. The minimum absolute atomic E-state index is 0.239. The molecule has 31 heavy (non-hydrogen) atoms. The van der Waals surface area contributed by atoms with Crippen molar-refractivity contribution < 1.29 is 14.3 Å². The van der Waals surface area contributed by atoms with E-state index < -0.39 is 5.97 Å². The van der Waals surface area contributed by atoms with Crippen molar-refractivity contribution in [2.75, 3.05) is 5.32 Å². The van der Waals surface area contributed by atoms with Gasteiger partial charge >= 0.3 is 5.97 Å². The number of esters is 1. The van der Waals surface area contributed by atoms with Crippen molar-refractivity contribution in [1.82, 2.24) is 0 Å². The van der Waals surface area contributed by atoms with E-state index in [0.29, 0.717) is 16.1 Å². The molecule has 0 atom stereocenters. The highest BCUT2D eigenvalue weighted by Crippen LogP contribution is 2.37. The fourth-order valence-corrected chi connectivity index (χ4v) is 4.51. The normalized spacial score (nSPS) is 10.9. The number of thiophene rings is 1. The molecule has 0 fully saturated rings. The van der Waals surface area contributed by atoms with E-state index in [1.54, 1.807) is 0 Å². The van der Waals surface area contributed by atoms with Gasteiger partial charge in [0.1, 0.15) is 10.6 Å². The van der Waals surface area contributed by atoms with E-state index in [4.69, 9.17) is 4.74 Å². The van der Waals surface area contributed by atoms with Crippen LogP contribution in [0.4, 0.5) is 5.00 Å². The van der Waals surface area contributed by atoms with Crippen molar-refractivity contribution in [3.8, 4) is 11.1 Å².